The third kappa shape index (κ3) is 6.04. The molecule has 1 heterocycles. The molecular weight excluding hydrogens is 369 g/mol. The normalized spacial score (nSPS) is 10.4. The first kappa shape index (κ1) is 20.3. The van der Waals surface area contributed by atoms with Crippen LogP contribution in [0.5, 0.6) is 5.75 Å². The molecule has 5 nitrogen and oxygen atoms in total. The van der Waals surface area contributed by atoms with Crippen molar-refractivity contribution >= 4 is 11.7 Å². The number of hydrogen-bond donors (Lipinski definition) is 2. The van der Waals surface area contributed by atoms with Gasteiger partial charge in [0.05, 0.1) is 7.11 Å². The summed E-state index contributed by atoms with van der Waals surface area (Å²) in [6.07, 6.45) is 3.02. The molecule has 0 aliphatic carbocycles. The summed E-state index contributed by atoms with van der Waals surface area (Å²) >= 11 is 0. The molecule has 29 heavy (non-hydrogen) atoms. The minimum Gasteiger partial charge on any atom is -0.496 e. The molecule has 3 rings (SSSR count). The van der Waals surface area contributed by atoms with E-state index in [-0.39, 0.29) is 11.7 Å². The molecule has 6 heteroatoms. The molecule has 0 fully saturated rings. The van der Waals surface area contributed by atoms with Gasteiger partial charge in [-0.25, -0.2) is 9.37 Å². The van der Waals surface area contributed by atoms with E-state index in [1.165, 1.54) is 12.1 Å². The molecule has 0 saturated carbocycles. The summed E-state index contributed by atoms with van der Waals surface area (Å²) in [6.45, 7) is 1.15. The van der Waals surface area contributed by atoms with Crippen LogP contribution in [0.2, 0.25) is 0 Å². The number of anilines is 1. The average Bonchev–Trinajstić information content (AvgIpc) is 2.75. The standard InChI is InChI=1S/C23H24FN3O2/c1-29-21-5-3-2-4-18(21)11-15-27-23(28)19-12-14-26-22(16-19)25-13-10-17-6-8-20(24)9-7-17/h2-9,12,14,16H,10-11,13,15H2,1H3,(H,25,26)(H,27,28). The Morgan fingerprint density at radius 3 is 2.62 bits per heavy atom. The van der Waals surface area contributed by atoms with Crippen LogP contribution in [0.15, 0.2) is 66.9 Å². The van der Waals surface area contributed by atoms with Crippen LogP contribution >= 0.6 is 0 Å². The number of carbonyl (C=O) groups excluding carboxylic acids is 1. The number of pyridine rings is 1. The van der Waals surface area contributed by atoms with Gasteiger partial charge in [0.15, 0.2) is 0 Å². The molecule has 0 spiro atoms. The van der Waals surface area contributed by atoms with E-state index in [4.69, 9.17) is 4.74 Å². The van der Waals surface area contributed by atoms with E-state index in [0.717, 1.165) is 23.3 Å². The molecule has 0 aliphatic rings. The highest BCUT2D eigenvalue weighted by molar-refractivity contribution is 5.94. The maximum absolute atomic E-state index is 12.9. The van der Waals surface area contributed by atoms with Crippen molar-refractivity contribution in [1.29, 1.82) is 0 Å². The molecule has 3 aromatic rings. The van der Waals surface area contributed by atoms with Crippen LogP contribution in [0.25, 0.3) is 0 Å². The van der Waals surface area contributed by atoms with Crippen LogP contribution < -0.4 is 15.4 Å². The van der Waals surface area contributed by atoms with Gasteiger partial charge in [0.2, 0.25) is 0 Å². The van der Waals surface area contributed by atoms with Gasteiger partial charge in [-0.2, -0.15) is 0 Å². The Balaban J connectivity index is 1.49. The third-order valence-corrected chi connectivity index (χ3v) is 4.53. The Labute approximate surface area is 169 Å². The van der Waals surface area contributed by atoms with Crippen LogP contribution in [0.4, 0.5) is 10.2 Å². The van der Waals surface area contributed by atoms with Crippen molar-refractivity contribution in [2.24, 2.45) is 0 Å². The number of halogens is 1. The summed E-state index contributed by atoms with van der Waals surface area (Å²) in [7, 11) is 1.64. The third-order valence-electron chi connectivity index (χ3n) is 4.53. The number of nitrogens with zero attached hydrogens (tertiary/aromatic N) is 1. The number of ether oxygens (including phenoxy) is 1. The lowest BCUT2D eigenvalue weighted by atomic mass is 10.1. The van der Waals surface area contributed by atoms with Crippen molar-refractivity contribution in [2.75, 3.05) is 25.5 Å². The second-order valence-electron chi connectivity index (χ2n) is 6.55. The SMILES string of the molecule is COc1ccccc1CCNC(=O)c1ccnc(NCCc2ccc(F)cc2)c1. The van der Waals surface area contributed by atoms with Gasteiger partial charge in [-0.1, -0.05) is 30.3 Å². The summed E-state index contributed by atoms with van der Waals surface area (Å²) in [4.78, 5) is 16.7. The molecule has 0 radical (unpaired) electrons. The van der Waals surface area contributed by atoms with Crippen LogP contribution in [0.3, 0.4) is 0 Å². The zero-order chi connectivity index (χ0) is 20.5. The van der Waals surface area contributed by atoms with E-state index >= 15 is 0 Å². The van der Waals surface area contributed by atoms with Crippen molar-refractivity contribution in [2.45, 2.75) is 12.8 Å². The molecule has 2 aromatic carbocycles. The predicted molar refractivity (Wildman–Crippen MR) is 112 cm³/mol. The molecule has 2 N–H and O–H groups in total. The molecule has 0 unspecified atom stereocenters. The molecule has 1 amide bonds. The van der Waals surface area contributed by atoms with Gasteiger partial charge in [-0.05, 0) is 54.3 Å². The van der Waals surface area contributed by atoms with E-state index in [9.17, 15) is 9.18 Å². The topological polar surface area (TPSA) is 63.2 Å². The zero-order valence-electron chi connectivity index (χ0n) is 16.3. The van der Waals surface area contributed by atoms with E-state index < -0.39 is 0 Å². The molecule has 0 atom stereocenters. The van der Waals surface area contributed by atoms with E-state index in [0.29, 0.717) is 30.9 Å². The summed E-state index contributed by atoms with van der Waals surface area (Å²) in [5.41, 5.74) is 2.63. The van der Waals surface area contributed by atoms with Crippen molar-refractivity contribution in [3.05, 3.63) is 89.4 Å². The molecule has 0 bridgehead atoms. The molecule has 150 valence electrons. The van der Waals surface area contributed by atoms with Gasteiger partial charge in [-0.3, -0.25) is 4.79 Å². The fourth-order valence-corrected chi connectivity index (χ4v) is 2.98. The highest BCUT2D eigenvalue weighted by atomic mass is 19.1. The lowest BCUT2D eigenvalue weighted by molar-refractivity contribution is 0.0954. The first-order chi connectivity index (χ1) is 14.2. The van der Waals surface area contributed by atoms with Gasteiger partial charge in [0.25, 0.3) is 5.91 Å². The van der Waals surface area contributed by atoms with E-state index in [1.54, 1.807) is 37.6 Å². The maximum Gasteiger partial charge on any atom is 0.251 e. The Kier molecular flexibility index (Phi) is 7.16. The molecule has 0 saturated heterocycles. The second-order valence-corrected chi connectivity index (χ2v) is 6.55. The number of aromatic nitrogens is 1. The number of rotatable bonds is 9. The monoisotopic (exact) mass is 393 g/mol. The number of carbonyl (C=O) groups is 1. The number of amides is 1. The van der Waals surface area contributed by atoms with Gasteiger partial charge >= 0.3 is 0 Å². The Hall–Kier alpha value is -3.41. The summed E-state index contributed by atoms with van der Waals surface area (Å²) in [5.74, 6) is 1.06. The number of para-hydroxylation sites is 1. The number of methoxy groups -OCH3 is 1. The minimum atomic E-state index is -0.243. The van der Waals surface area contributed by atoms with Crippen molar-refractivity contribution in [1.82, 2.24) is 10.3 Å². The first-order valence-electron chi connectivity index (χ1n) is 9.50. The van der Waals surface area contributed by atoms with Crippen LogP contribution in [0.1, 0.15) is 21.5 Å². The predicted octanol–water partition coefficient (Wildman–Crippen LogP) is 3.86. The van der Waals surface area contributed by atoms with E-state index in [1.807, 2.05) is 24.3 Å². The summed E-state index contributed by atoms with van der Waals surface area (Å²) in [6, 6.07) is 17.6. The van der Waals surface area contributed by atoms with Gasteiger partial charge < -0.3 is 15.4 Å². The van der Waals surface area contributed by atoms with Gasteiger partial charge in [0.1, 0.15) is 17.4 Å². The Morgan fingerprint density at radius 1 is 1.03 bits per heavy atom. The van der Waals surface area contributed by atoms with Gasteiger partial charge in [0, 0.05) is 24.8 Å². The largest absolute Gasteiger partial charge is 0.496 e. The van der Waals surface area contributed by atoms with Crippen molar-refractivity contribution < 1.29 is 13.9 Å². The highest BCUT2D eigenvalue weighted by Crippen LogP contribution is 2.17. The van der Waals surface area contributed by atoms with Crippen LogP contribution in [-0.2, 0) is 12.8 Å². The molecule has 0 aliphatic heterocycles. The summed E-state index contributed by atoms with van der Waals surface area (Å²) in [5, 5.41) is 6.13. The Bertz CT molecular complexity index is 945. The fraction of sp³-hybridized carbons (Fsp3) is 0.217. The van der Waals surface area contributed by atoms with Crippen LogP contribution in [0, 0.1) is 5.82 Å². The van der Waals surface area contributed by atoms with Crippen molar-refractivity contribution in [3.63, 3.8) is 0 Å². The molecular formula is C23H24FN3O2. The minimum absolute atomic E-state index is 0.149. The smallest absolute Gasteiger partial charge is 0.251 e. The van der Waals surface area contributed by atoms with Crippen molar-refractivity contribution in [3.8, 4) is 5.75 Å². The average molecular weight is 393 g/mol. The first-order valence-corrected chi connectivity index (χ1v) is 9.50. The number of nitrogens with one attached hydrogen (secondary N) is 2. The van der Waals surface area contributed by atoms with E-state index in [2.05, 4.69) is 15.6 Å². The fourth-order valence-electron chi connectivity index (χ4n) is 2.98. The maximum atomic E-state index is 12.9. The quantitative estimate of drug-likeness (QED) is 0.580. The number of hydrogen-bond acceptors (Lipinski definition) is 4. The zero-order valence-corrected chi connectivity index (χ0v) is 16.3. The Morgan fingerprint density at radius 2 is 1.83 bits per heavy atom. The van der Waals surface area contributed by atoms with Crippen LogP contribution in [-0.4, -0.2) is 31.1 Å². The summed E-state index contributed by atoms with van der Waals surface area (Å²) < 4.78 is 18.3. The highest BCUT2D eigenvalue weighted by Gasteiger charge is 2.08. The van der Waals surface area contributed by atoms with Gasteiger partial charge in [-0.15, -0.1) is 0 Å². The lowest BCUT2D eigenvalue weighted by Gasteiger charge is -2.10. The lowest BCUT2D eigenvalue weighted by Crippen LogP contribution is -2.26. The molecule has 1 aromatic heterocycles. The second kappa shape index (κ2) is 10.2. The number of benzene rings is 2.